The Labute approximate surface area is 334 Å². The van der Waals surface area contributed by atoms with Gasteiger partial charge in [-0.15, -0.1) is 0 Å². The van der Waals surface area contributed by atoms with E-state index in [2.05, 4.69) is 36.2 Å². The molecule has 12 nitrogen and oxygen atoms in total. The quantitative estimate of drug-likeness (QED) is 0.291. The van der Waals surface area contributed by atoms with Crippen molar-refractivity contribution in [2.24, 2.45) is 17.8 Å². The van der Waals surface area contributed by atoms with Crippen molar-refractivity contribution >= 4 is 17.6 Å². The van der Waals surface area contributed by atoms with Crippen LogP contribution in [0.4, 0.5) is 0 Å². The second-order valence-corrected chi connectivity index (χ2v) is 18.3. The number of carbonyl (C=O) groups excluding carboxylic acids is 1. The Morgan fingerprint density at radius 2 is 1.71 bits per heavy atom. The predicted molar refractivity (Wildman–Crippen MR) is 212 cm³/mol. The van der Waals surface area contributed by atoms with Crippen LogP contribution < -0.4 is 5.32 Å². The highest BCUT2D eigenvalue weighted by molar-refractivity contribution is 6.30. The molecule has 0 radical (unpaired) electrons. The van der Waals surface area contributed by atoms with Crippen LogP contribution in [0.5, 0.6) is 0 Å². The lowest BCUT2D eigenvalue weighted by molar-refractivity contribution is -0.332. The Bertz CT molecular complexity index is 1390. The van der Waals surface area contributed by atoms with E-state index in [0.29, 0.717) is 38.6 Å². The molecular formula is C42H70ClN3O9. The molecule has 1 spiro atoms. The number of esters is 1. The minimum Gasteiger partial charge on any atom is -0.459 e. The molecule has 0 amide bonds. The van der Waals surface area contributed by atoms with Crippen LogP contribution in [0.25, 0.3) is 0 Å². The molecule has 13 heteroatoms. The molecule has 4 aliphatic rings. The van der Waals surface area contributed by atoms with Gasteiger partial charge in [0, 0.05) is 55.5 Å². The summed E-state index contributed by atoms with van der Waals surface area (Å²) in [5, 5.41) is 38.9. The van der Waals surface area contributed by atoms with E-state index >= 15 is 0 Å². The first kappa shape index (κ1) is 44.7. The molecular weight excluding hydrogens is 726 g/mol. The van der Waals surface area contributed by atoms with Crippen molar-refractivity contribution in [2.75, 3.05) is 40.3 Å². The van der Waals surface area contributed by atoms with Crippen molar-refractivity contribution in [1.29, 1.82) is 0 Å². The molecule has 1 aromatic rings. The number of likely N-dealkylation sites (N-methyl/N-ethyl adjacent to an activating group) is 1. The fraction of sp³-hybridized carbons (Fsp3) is 0.833. The summed E-state index contributed by atoms with van der Waals surface area (Å²) in [7, 11) is 3.90. The average Bonchev–Trinajstić information content (AvgIpc) is 3.21. The molecule has 0 saturated carbocycles. The van der Waals surface area contributed by atoms with Crippen LogP contribution in [0.3, 0.4) is 0 Å². The van der Waals surface area contributed by atoms with E-state index < -0.39 is 77.6 Å². The Balaban J connectivity index is 1.53. The van der Waals surface area contributed by atoms with Crippen LogP contribution in [0, 0.1) is 17.8 Å². The maximum atomic E-state index is 14.3. The number of aliphatic hydroxyl groups excluding tert-OH is 2. The monoisotopic (exact) mass is 795 g/mol. The standard InChI is InChI=1S/C42H70ClN3O9/c1-11-33-41(8,50)36(48)29(6)44-24-25(2)23-40(7)37(53-39-34(47)32(45(9)10)22-26(3)51-39)27(4)35(28(5)38(49)52-33)54-42(55-40)17-20-46(21-18-42)19-16-30-12-14-31(43)15-13-30/h12-15,25-29,32-37,39,44,47-48,50H,11,16-24H2,1-10H3/t25-,26-,27+,28-,29-,32+,33-,34-,35+,36-,37-,39+,40-,41-/m1/s1. The molecule has 0 aliphatic carbocycles. The lowest BCUT2D eigenvalue weighted by atomic mass is 9.78. The number of cyclic esters (lactones) is 1. The molecule has 0 aromatic heterocycles. The number of carbonyl (C=O) groups is 1. The van der Waals surface area contributed by atoms with E-state index in [9.17, 15) is 20.1 Å². The lowest BCUT2D eigenvalue weighted by Crippen LogP contribution is -2.60. The first-order valence-electron chi connectivity index (χ1n) is 20.6. The number of piperidine rings is 1. The highest BCUT2D eigenvalue weighted by Crippen LogP contribution is 2.47. The minimum atomic E-state index is -1.71. The minimum absolute atomic E-state index is 0.0176. The third-order valence-electron chi connectivity index (χ3n) is 12.9. The second kappa shape index (κ2) is 18.2. The van der Waals surface area contributed by atoms with Gasteiger partial charge in [0.25, 0.3) is 0 Å². The molecule has 4 fully saturated rings. The van der Waals surface area contributed by atoms with Crippen molar-refractivity contribution in [3.05, 3.63) is 34.9 Å². The normalized spacial score (nSPS) is 42.4. The maximum Gasteiger partial charge on any atom is 0.311 e. The first-order valence-corrected chi connectivity index (χ1v) is 21.0. The number of fused-ring (bicyclic) bond motifs is 3. The van der Waals surface area contributed by atoms with Crippen molar-refractivity contribution in [3.63, 3.8) is 0 Å². The summed E-state index contributed by atoms with van der Waals surface area (Å²) in [4.78, 5) is 18.7. The van der Waals surface area contributed by atoms with Crippen molar-refractivity contribution in [1.82, 2.24) is 15.1 Å². The van der Waals surface area contributed by atoms with Crippen LogP contribution in [0.15, 0.2) is 24.3 Å². The van der Waals surface area contributed by atoms with Gasteiger partial charge in [-0.05, 0) is 105 Å². The van der Waals surface area contributed by atoms with Crippen molar-refractivity contribution in [2.45, 2.75) is 166 Å². The van der Waals surface area contributed by atoms with Crippen molar-refractivity contribution < 1.29 is 43.8 Å². The van der Waals surface area contributed by atoms with Gasteiger partial charge in [-0.3, -0.25) is 4.79 Å². The molecule has 5 rings (SSSR count). The largest absolute Gasteiger partial charge is 0.459 e. The van der Waals surface area contributed by atoms with E-state index in [1.54, 1.807) is 6.92 Å². The van der Waals surface area contributed by atoms with Gasteiger partial charge in [-0.2, -0.15) is 0 Å². The maximum absolute atomic E-state index is 14.3. The zero-order valence-electron chi connectivity index (χ0n) is 34.9. The fourth-order valence-corrected chi connectivity index (χ4v) is 9.73. The second-order valence-electron chi connectivity index (χ2n) is 17.9. The molecule has 4 aliphatic heterocycles. The summed E-state index contributed by atoms with van der Waals surface area (Å²) < 4.78 is 34.1. The average molecular weight is 796 g/mol. The molecule has 14 atom stereocenters. The highest BCUT2D eigenvalue weighted by atomic mass is 35.5. The summed E-state index contributed by atoms with van der Waals surface area (Å²) in [5.74, 6) is -2.77. The molecule has 0 unspecified atom stereocenters. The molecule has 314 valence electrons. The Kier molecular flexibility index (Phi) is 14.8. The van der Waals surface area contributed by atoms with E-state index in [1.807, 2.05) is 58.8 Å². The zero-order chi connectivity index (χ0) is 40.5. The van der Waals surface area contributed by atoms with Crippen LogP contribution in [-0.2, 0) is 34.9 Å². The van der Waals surface area contributed by atoms with Gasteiger partial charge in [0.1, 0.15) is 23.9 Å². The molecule has 4 N–H and O–H groups in total. The van der Waals surface area contributed by atoms with Gasteiger partial charge in [0.05, 0.1) is 29.8 Å². The first-order chi connectivity index (χ1) is 25.8. The number of nitrogens with zero attached hydrogens (tertiary/aromatic N) is 2. The number of rotatable bonds is 7. The third-order valence-corrected chi connectivity index (χ3v) is 13.2. The molecule has 4 saturated heterocycles. The summed E-state index contributed by atoms with van der Waals surface area (Å²) in [6.07, 6.45) is -2.04. The number of aliphatic hydroxyl groups is 3. The lowest BCUT2D eigenvalue weighted by Gasteiger charge is -2.49. The third kappa shape index (κ3) is 10.2. The highest BCUT2D eigenvalue weighted by Gasteiger charge is 2.58. The van der Waals surface area contributed by atoms with Crippen LogP contribution in [0.2, 0.25) is 5.02 Å². The van der Waals surface area contributed by atoms with E-state index in [-0.39, 0.29) is 18.1 Å². The Hall–Kier alpha value is -1.42. The molecule has 55 heavy (non-hydrogen) atoms. The number of benzene rings is 1. The SMILES string of the molecule is CC[C@H]1OC(=O)[C@H](C)[C@H]2OC3(CCN(CCc4ccc(Cl)cc4)CC3)O[C@](C)(C[C@@H](C)CN[C@H](C)[C@@H](O)[C@]1(C)O)[C@H](O[C@@H]1O[C@H](C)C[C@H](N(C)C)[C@H]1O)[C@H]2C. The predicted octanol–water partition coefficient (Wildman–Crippen LogP) is 4.38. The number of likely N-dealkylation sites (tertiary alicyclic amines) is 1. The van der Waals surface area contributed by atoms with Gasteiger partial charge in [-0.1, -0.05) is 44.5 Å². The van der Waals surface area contributed by atoms with Crippen LogP contribution in [0.1, 0.15) is 93.1 Å². The van der Waals surface area contributed by atoms with Gasteiger partial charge >= 0.3 is 5.97 Å². The van der Waals surface area contributed by atoms with Gasteiger partial charge < -0.3 is 54.1 Å². The zero-order valence-corrected chi connectivity index (χ0v) is 35.6. The summed E-state index contributed by atoms with van der Waals surface area (Å²) in [5.41, 5.74) is -1.45. The van der Waals surface area contributed by atoms with E-state index in [1.165, 1.54) is 12.5 Å². The summed E-state index contributed by atoms with van der Waals surface area (Å²) >= 11 is 6.13. The van der Waals surface area contributed by atoms with Gasteiger partial charge in [0.15, 0.2) is 12.1 Å². The fourth-order valence-electron chi connectivity index (χ4n) is 9.61. The van der Waals surface area contributed by atoms with E-state index in [4.69, 9.17) is 35.3 Å². The van der Waals surface area contributed by atoms with E-state index in [0.717, 1.165) is 31.1 Å². The van der Waals surface area contributed by atoms with Gasteiger partial charge in [-0.25, -0.2) is 0 Å². The summed E-state index contributed by atoms with van der Waals surface area (Å²) in [6, 6.07) is 7.30. The number of nitrogens with one attached hydrogen (secondary N) is 1. The molecule has 4 heterocycles. The number of ether oxygens (including phenoxy) is 5. The number of hydrogen-bond acceptors (Lipinski definition) is 12. The molecule has 2 bridgehead atoms. The topological polar surface area (TPSA) is 142 Å². The van der Waals surface area contributed by atoms with Crippen molar-refractivity contribution in [3.8, 4) is 0 Å². The number of halogens is 1. The van der Waals surface area contributed by atoms with Crippen LogP contribution >= 0.6 is 11.6 Å². The smallest absolute Gasteiger partial charge is 0.311 e. The van der Waals surface area contributed by atoms with Gasteiger partial charge in [0.2, 0.25) is 0 Å². The molecule has 1 aromatic carbocycles. The van der Waals surface area contributed by atoms with Crippen LogP contribution in [-0.4, -0.2) is 143 Å². The Morgan fingerprint density at radius 3 is 2.33 bits per heavy atom. The number of hydrogen-bond donors (Lipinski definition) is 4. The Morgan fingerprint density at radius 1 is 1.05 bits per heavy atom. The summed E-state index contributed by atoms with van der Waals surface area (Å²) in [6.45, 7) is 18.1.